The molecule has 1 aromatic carbocycles. The van der Waals surface area contributed by atoms with Crippen LogP contribution in [-0.4, -0.2) is 40.4 Å². The van der Waals surface area contributed by atoms with Gasteiger partial charge >= 0.3 is 0 Å². The van der Waals surface area contributed by atoms with Gasteiger partial charge in [-0.2, -0.15) is 0 Å². The number of carbonyl (C=O) groups is 2. The van der Waals surface area contributed by atoms with Crippen LogP contribution >= 0.6 is 15.9 Å². The van der Waals surface area contributed by atoms with Crippen LogP contribution in [0.4, 0.5) is 0 Å². The molecule has 1 saturated heterocycles. The van der Waals surface area contributed by atoms with E-state index < -0.39 is 0 Å². The van der Waals surface area contributed by atoms with Gasteiger partial charge in [-0.25, -0.2) is 0 Å². The fourth-order valence-electron chi connectivity index (χ4n) is 3.36. The third-order valence-corrected chi connectivity index (χ3v) is 5.10. The van der Waals surface area contributed by atoms with E-state index in [4.69, 9.17) is 0 Å². The van der Waals surface area contributed by atoms with Crippen LogP contribution in [0.15, 0.2) is 35.5 Å². The highest BCUT2D eigenvalue weighted by molar-refractivity contribution is 9.10. The van der Waals surface area contributed by atoms with Gasteiger partial charge in [0.1, 0.15) is 6.54 Å². The summed E-state index contributed by atoms with van der Waals surface area (Å²) < 4.78 is 3.08. The number of rotatable bonds is 5. The Morgan fingerprint density at radius 1 is 1.40 bits per heavy atom. The van der Waals surface area contributed by atoms with Crippen LogP contribution in [0.1, 0.15) is 18.1 Å². The first-order valence-corrected chi connectivity index (χ1v) is 9.20. The highest BCUT2D eigenvalue weighted by Crippen LogP contribution is 2.29. The van der Waals surface area contributed by atoms with Gasteiger partial charge in [0.25, 0.3) is 0 Å². The number of likely N-dealkylation sites (tertiary alicyclic amines) is 1. The molecule has 0 aliphatic carbocycles. The number of fused-ring (bicyclic) bond motifs is 1. The van der Waals surface area contributed by atoms with Gasteiger partial charge < -0.3 is 14.8 Å². The number of aromatic nitrogens is 1. The quantitative estimate of drug-likeness (QED) is 0.780. The molecule has 6 heteroatoms. The first-order valence-electron chi connectivity index (χ1n) is 8.41. The van der Waals surface area contributed by atoms with Gasteiger partial charge in [0.15, 0.2) is 0 Å². The summed E-state index contributed by atoms with van der Waals surface area (Å²) in [5, 5.41) is 4.17. The lowest BCUT2D eigenvalue weighted by Crippen LogP contribution is -2.61. The Morgan fingerprint density at radius 3 is 2.76 bits per heavy atom. The van der Waals surface area contributed by atoms with Gasteiger partial charge in [0.2, 0.25) is 11.8 Å². The molecule has 1 fully saturated rings. The molecule has 0 atom stereocenters. The van der Waals surface area contributed by atoms with Crippen LogP contribution in [0.5, 0.6) is 0 Å². The molecule has 1 aromatic heterocycles. The summed E-state index contributed by atoms with van der Waals surface area (Å²) in [6, 6.07) is 4.24. The predicted molar refractivity (Wildman–Crippen MR) is 102 cm³/mol. The Hall–Kier alpha value is -2.08. The second-order valence-electron chi connectivity index (χ2n) is 6.47. The van der Waals surface area contributed by atoms with Gasteiger partial charge in [-0.05, 0) is 42.7 Å². The topological polar surface area (TPSA) is 54.3 Å². The SMILES string of the molecule is C=CC(=O)N1CC(NC(=O)Cn2cc(C)c3cc(Br)cc(CC)c32)C1. The van der Waals surface area contributed by atoms with E-state index in [0.29, 0.717) is 13.1 Å². The van der Waals surface area contributed by atoms with Crippen molar-refractivity contribution in [1.29, 1.82) is 0 Å². The molecule has 2 amide bonds. The number of amides is 2. The fourth-order valence-corrected chi connectivity index (χ4v) is 3.87. The third kappa shape index (κ3) is 3.49. The summed E-state index contributed by atoms with van der Waals surface area (Å²) in [5.41, 5.74) is 3.50. The van der Waals surface area contributed by atoms with Crippen LogP contribution in [0.3, 0.4) is 0 Å². The van der Waals surface area contributed by atoms with Gasteiger partial charge in [0, 0.05) is 29.1 Å². The summed E-state index contributed by atoms with van der Waals surface area (Å²) in [6.07, 6.45) is 4.24. The number of nitrogens with one attached hydrogen (secondary N) is 1. The van der Waals surface area contributed by atoms with E-state index >= 15 is 0 Å². The molecule has 2 aromatic rings. The van der Waals surface area contributed by atoms with E-state index in [9.17, 15) is 9.59 Å². The molecule has 1 N–H and O–H groups in total. The average molecular weight is 404 g/mol. The summed E-state index contributed by atoms with van der Waals surface area (Å²) >= 11 is 3.56. The van der Waals surface area contributed by atoms with Crippen molar-refractivity contribution >= 4 is 38.6 Å². The average Bonchev–Trinajstić information content (AvgIpc) is 2.84. The minimum absolute atomic E-state index is 0.0270. The largest absolute Gasteiger partial charge is 0.348 e. The Kier molecular flexibility index (Phi) is 4.99. The number of benzene rings is 1. The van der Waals surface area contributed by atoms with Crippen molar-refractivity contribution in [3.63, 3.8) is 0 Å². The lowest BCUT2D eigenvalue weighted by atomic mass is 10.1. The predicted octanol–water partition coefficient (Wildman–Crippen LogP) is 2.79. The molecule has 2 heterocycles. The standard InChI is InChI=1S/C19H22BrN3O2/c1-4-13-6-14(20)7-16-12(3)8-23(19(13)16)11-17(24)21-15-9-22(10-15)18(25)5-2/h5-8,15H,2,4,9-11H2,1,3H3,(H,21,24). The summed E-state index contributed by atoms with van der Waals surface area (Å²) in [4.78, 5) is 25.5. The van der Waals surface area contributed by atoms with E-state index in [2.05, 4.69) is 53.8 Å². The van der Waals surface area contributed by atoms with Crippen LogP contribution in [-0.2, 0) is 22.6 Å². The molecule has 5 nitrogen and oxygen atoms in total. The Balaban J connectivity index is 1.72. The zero-order chi connectivity index (χ0) is 18.1. The molecule has 132 valence electrons. The van der Waals surface area contributed by atoms with Gasteiger partial charge in [-0.1, -0.05) is 29.4 Å². The zero-order valence-electron chi connectivity index (χ0n) is 14.5. The molecule has 0 unspecified atom stereocenters. The molecule has 3 rings (SSSR count). The van der Waals surface area contributed by atoms with E-state index in [-0.39, 0.29) is 24.4 Å². The number of aryl methyl sites for hydroxylation is 2. The monoisotopic (exact) mass is 403 g/mol. The molecule has 1 aliphatic heterocycles. The van der Waals surface area contributed by atoms with Crippen molar-refractivity contribution in [2.45, 2.75) is 32.9 Å². The molecular formula is C19H22BrN3O2. The van der Waals surface area contributed by atoms with Gasteiger partial charge in [-0.3, -0.25) is 9.59 Å². The van der Waals surface area contributed by atoms with Crippen LogP contribution < -0.4 is 5.32 Å². The first kappa shape index (κ1) is 17.7. The minimum Gasteiger partial charge on any atom is -0.348 e. The van der Waals surface area contributed by atoms with E-state index in [1.54, 1.807) is 4.90 Å². The molecule has 0 spiro atoms. The van der Waals surface area contributed by atoms with Crippen molar-refractivity contribution < 1.29 is 9.59 Å². The highest BCUT2D eigenvalue weighted by Gasteiger charge is 2.30. The highest BCUT2D eigenvalue weighted by atomic mass is 79.9. The molecule has 25 heavy (non-hydrogen) atoms. The summed E-state index contributed by atoms with van der Waals surface area (Å²) in [5.74, 6) is -0.117. The zero-order valence-corrected chi connectivity index (χ0v) is 16.1. The molecule has 0 bridgehead atoms. The smallest absolute Gasteiger partial charge is 0.246 e. The first-order chi connectivity index (χ1) is 11.9. The molecular weight excluding hydrogens is 382 g/mol. The maximum atomic E-state index is 12.4. The maximum Gasteiger partial charge on any atom is 0.246 e. The van der Waals surface area contributed by atoms with Crippen LogP contribution in [0.2, 0.25) is 0 Å². The number of halogens is 1. The van der Waals surface area contributed by atoms with E-state index in [1.807, 2.05) is 10.8 Å². The number of hydrogen-bond acceptors (Lipinski definition) is 2. The van der Waals surface area contributed by atoms with Crippen LogP contribution in [0, 0.1) is 6.92 Å². The number of carbonyl (C=O) groups excluding carboxylic acids is 2. The van der Waals surface area contributed by atoms with Crippen LogP contribution in [0.25, 0.3) is 10.9 Å². The van der Waals surface area contributed by atoms with Gasteiger partial charge in [-0.15, -0.1) is 0 Å². The van der Waals surface area contributed by atoms with Crippen molar-refractivity contribution in [3.8, 4) is 0 Å². The Labute approximate surface area is 155 Å². The van der Waals surface area contributed by atoms with E-state index in [1.165, 1.54) is 17.0 Å². The Morgan fingerprint density at radius 2 is 2.12 bits per heavy atom. The lowest BCUT2D eigenvalue weighted by Gasteiger charge is -2.38. The fraction of sp³-hybridized carbons (Fsp3) is 0.368. The molecule has 1 aliphatic rings. The normalized spacial score (nSPS) is 14.4. The molecule has 0 saturated carbocycles. The van der Waals surface area contributed by atoms with Crippen molar-refractivity contribution in [3.05, 3.63) is 46.6 Å². The second-order valence-corrected chi connectivity index (χ2v) is 7.38. The molecule has 0 radical (unpaired) electrons. The summed E-state index contributed by atoms with van der Waals surface area (Å²) in [7, 11) is 0. The maximum absolute atomic E-state index is 12.4. The van der Waals surface area contributed by atoms with Crippen molar-refractivity contribution in [2.75, 3.05) is 13.1 Å². The number of hydrogen-bond donors (Lipinski definition) is 1. The lowest BCUT2D eigenvalue weighted by molar-refractivity contribution is -0.133. The van der Waals surface area contributed by atoms with Crippen molar-refractivity contribution in [1.82, 2.24) is 14.8 Å². The Bertz CT molecular complexity index is 850. The van der Waals surface area contributed by atoms with E-state index in [0.717, 1.165) is 22.0 Å². The summed E-state index contributed by atoms with van der Waals surface area (Å²) in [6.45, 7) is 9.04. The van der Waals surface area contributed by atoms with Crippen molar-refractivity contribution in [2.24, 2.45) is 0 Å². The number of nitrogens with zero attached hydrogens (tertiary/aromatic N) is 2. The van der Waals surface area contributed by atoms with Gasteiger partial charge in [0.05, 0.1) is 11.6 Å². The minimum atomic E-state index is -0.0873. The second kappa shape index (κ2) is 7.04. The third-order valence-electron chi connectivity index (χ3n) is 4.64.